The van der Waals surface area contributed by atoms with Crippen LogP contribution in [0.15, 0.2) is 156 Å². The molecular weight excluding hydrogens is 526 g/mol. The first-order valence-electron chi connectivity index (χ1n) is 14.3. The molecule has 6 aromatic carbocycles. The molecule has 0 aliphatic heterocycles. The molecule has 0 bridgehead atoms. The normalized spacial score (nSPS) is 11.3. The molecular formula is C39H25N3O. The second kappa shape index (κ2) is 10.5. The van der Waals surface area contributed by atoms with Crippen molar-refractivity contribution in [3.05, 3.63) is 152 Å². The van der Waals surface area contributed by atoms with Crippen LogP contribution in [-0.4, -0.2) is 15.0 Å². The fourth-order valence-corrected chi connectivity index (χ4v) is 5.62. The summed E-state index contributed by atoms with van der Waals surface area (Å²) in [5, 5.41) is 2.01. The van der Waals surface area contributed by atoms with E-state index in [4.69, 9.17) is 19.4 Å². The molecule has 2 heterocycles. The number of rotatable bonds is 5. The minimum Gasteiger partial charge on any atom is -0.456 e. The summed E-state index contributed by atoms with van der Waals surface area (Å²) < 4.78 is 6.53. The highest BCUT2D eigenvalue weighted by atomic mass is 16.3. The summed E-state index contributed by atoms with van der Waals surface area (Å²) in [6, 6.07) is 51.6. The molecule has 0 unspecified atom stereocenters. The molecule has 0 saturated heterocycles. The van der Waals surface area contributed by atoms with E-state index in [1.165, 1.54) is 0 Å². The van der Waals surface area contributed by atoms with E-state index in [0.717, 1.165) is 60.9 Å². The Kier molecular flexibility index (Phi) is 6.08. The number of hydrogen-bond acceptors (Lipinski definition) is 4. The van der Waals surface area contributed by atoms with Crippen molar-refractivity contribution < 1.29 is 4.42 Å². The van der Waals surface area contributed by atoms with Gasteiger partial charge >= 0.3 is 0 Å². The lowest BCUT2D eigenvalue weighted by Gasteiger charge is -2.11. The molecule has 2 aromatic heterocycles. The van der Waals surface area contributed by atoms with Gasteiger partial charge in [-0.05, 0) is 46.5 Å². The smallest absolute Gasteiger partial charge is 0.164 e. The molecule has 0 aliphatic carbocycles. The van der Waals surface area contributed by atoms with Gasteiger partial charge in [-0.15, -0.1) is 0 Å². The Hall–Kier alpha value is -5.87. The first-order chi connectivity index (χ1) is 21.3. The van der Waals surface area contributed by atoms with Gasteiger partial charge in [-0.2, -0.15) is 0 Å². The molecule has 0 atom stereocenters. The SMILES string of the molecule is c1ccc(-c2cc(-c3nc(-c4ccccc4)nc(-c4ccccc4)n3)c3c(c2)oc2ccc(-c4ccccc4)cc23)cc1. The number of aromatic nitrogens is 3. The van der Waals surface area contributed by atoms with Crippen molar-refractivity contribution >= 4 is 21.9 Å². The summed E-state index contributed by atoms with van der Waals surface area (Å²) in [4.78, 5) is 15.1. The average Bonchev–Trinajstić information content (AvgIpc) is 3.47. The Bertz CT molecular complexity index is 2150. The van der Waals surface area contributed by atoms with Crippen LogP contribution in [0.4, 0.5) is 0 Å². The lowest BCUT2D eigenvalue weighted by atomic mass is 9.96. The highest BCUT2D eigenvalue weighted by Crippen LogP contribution is 2.41. The van der Waals surface area contributed by atoms with Gasteiger partial charge in [-0.1, -0.05) is 127 Å². The third-order valence-electron chi connectivity index (χ3n) is 7.73. The summed E-state index contributed by atoms with van der Waals surface area (Å²) in [5.74, 6) is 1.85. The topological polar surface area (TPSA) is 51.8 Å². The average molecular weight is 552 g/mol. The molecule has 0 aliphatic rings. The molecule has 0 amide bonds. The van der Waals surface area contributed by atoms with Crippen LogP contribution in [0.1, 0.15) is 0 Å². The predicted molar refractivity (Wildman–Crippen MR) is 174 cm³/mol. The fraction of sp³-hybridized carbons (Fsp3) is 0. The maximum Gasteiger partial charge on any atom is 0.164 e. The van der Waals surface area contributed by atoms with Crippen molar-refractivity contribution in [2.24, 2.45) is 0 Å². The second-order valence-electron chi connectivity index (χ2n) is 10.5. The summed E-state index contributed by atoms with van der Waals surface area (Å²) in [6.07, 6.45) is 0. The number of benzene rings is 6. The zero-order valence-corrected chi connectivity index (χ0v) is 23.2. The molecule has 202 valence electrons. The Morgan fingerprint density at radius 3 is 1.40 bits per heavy atom. The monoisotopic (exact) mass is 551 g/mol. The fourth-order valence-electron chi connectivity index (χ4n) is 5.62. The lowest BCUT2D eigenvalue weighted by molar-refractivity contribution is 0.669. The van der Waals surface area contributed by atoms with Gasteiger partial charge in [0.05, 0.1) is 0 Å². The predicted octanol–water partition coefficient (Wildman–Crippen LogP) is 10.1. The lowest BCUT2D eigenvalue weighted by Crippen LogP contribution is -2.00. The van der Waals surface area contributed by atoms with Gasteiger partial charge in [-0.3, -0.25) is 0 Å². The summed E-state index contributed by atoms with van der Waals surface area (Å²) >= 11 is 0. The minimum absolute atomic E-state index is 0.600. The molecule has 0 N–H and O–H groups in total. The number of hydrogen-bond donors (Lipinski definition) is 0. The van der Waals surface area contributed by atoms with Gasteiger partial charge in [0.25, 0.3) is 0 Å². The van der Waals surface area contributed by atoms with Crippen LogP contribution in [0.25, 0.3) is 78.4 Å². The Morgan fingerprint density at radius 1 is 0.349 bits per heavy atom. The number of furan rings is 1. The quantitative estimate of drug-likeness (QED) is 0.214. The van der Waals surface area contributed by atoms with E-state index < -0.39 is 0 Å². The molecule has 8 aromatic rings. The summed E-state index contributed by atoms with van der Waals surface area (Å²) in [6.45, 7) is 0. The Labute approximate surface area is 249 Å². The van der Waals surface area contributed by atoms with Crippen molar-refractivity contribution in [3.63, 3.8) is 0 Å². The maximum atomic E-state index is 6.53. The summed E-state index contributed by atoms with van der Waals surface area (Å²) in [7, 11) is 0. The molecule has 8 rings (SSSR count). The van der Waals surface area contributed by atoms with E-state index in [0.29, 0.717) is 17.5 Å². The Balaban J connectivity index is 1.44. The van der Waals surface area contributed by atoms with Gasteiger partial charge < -0.3 is 4.42 Å². The zero-order chi connectivity index (χ0) is 28.6. The molecule has 4 heteroatoms. The standard InChI is InChI=1S/C39H25N3O/c1-5-13-26(14-6-1)30-21-22-34-32(23-30)36-33(24-31(25-35(36)43-34)27-15-7-2-8-16-27)39-41-37(28-17-9-3-10-18-28)40-38(42-39)29-19-11-4-12-20-29/h1-25H. The number of fused-ring (bicyclic) bond motifs is 3. The highest BCUT2D eigenvalue weighted by molar-refractivity contribution is 6.14. The van der Waals surface area contributed by atoms with Crippen LogP contribution in [0.2, 0.25) is 0 Å². The van der Waals surface area contributed by atoms with Gasteiger partial charge in [-0.25, -0.2) is 15.0 Å². The molecule has 0 radical (unpaired) electrons. The van der Waals surface area contributed by atoms with Gasteiger partial charge in [0.2, 0.25) is 0 Å². The molecule has 0 fully saturated rings. The first-order valence-corrected chi connectivity index (χ1v) is 14.3. The van der Waals surface area contributed by atoms with Crippen LogP contribution in [-0.2, 0) is 0 Å². The third-order valence-corrected chi connectivity index (χ3v) is 7.73. The van der Waals surface area contributed by atoms with Crippen LogP contribution in [0.5, 0.6) is 0 Å². The van der Waals surface area contributed by atoms with E-state index in [1.54, 1.807) is 0 Å². The van der Waals surface area contributed by atoms with Gasteiger partial charge in [0.15, 0.2) is 17.5 Å². The Morgan fingerprint density at radius 2 is 0.837 bits per heavy atom. The zero-order valence-electron chi connectivity index (χ0n) is 23.2. The van der Waals surface area contributed by atoms with E-state index in [-0.39, 0.29) is 0 Å². The van der Waals surface area contributed by atoms with Crippen molar-refractivity contribution in [2.75, 3.05) is 0 Å². The van der Waals surface area contributed by atoms with Gasteiger partial charge in [0.1, 0.15) is 11.2 Å². The van der Waals surface area contributed by atoms with Crippen LogP contribution in [0, 0.1) is 0 Å². The van der Waals surface area contributed by atoms with Crippen molar-refractivity contribution in [1.29, 1.82) is 0 Å². The van der Waals surface area contributed by atoms with Crippen molar-refractivity contribution in [1.82, 2.24) is 15.0 Å². The first kappa shape index (κ1) is 24.9. The molecule has 0 spiro atoms. The van der Waals surface area contributed by atoms with Crippen LogP contribution >= 0.6 is 0 Å². The van der Waals surface area contributed by atoms with E-state index in [2.05, 4.69) is 66.7 Å². The van der Waals surface area contributed by atoms with Crippen molar-refractivity contribution in [3.8, 4) is 56.4 Å². The summed E-state index contributed by atoms with van der Waals surface area (Å²) in [5.41, 5.74) is 8.78. The van der Waals surface area contributed by atoms with E-state index in [1.807, 2.05) is 84.9 Å². The highest BCUT2D eigenvalue weighted by Gasteiger charge is 2.20. The van der Waals surface area contributed by atoms with Crippen LogP contribution in [0.3, 0.4) is 0 Å². The second-order valence-corrected chi connectivity index (χ2v) is 10.5. The van der Waals surface area contributed by atoms with E-state index >= 15 is 0 Å². The molecule has 43 heavy (non-hydrogen) atoms. The minimum atomic E-state index is 0.600. The largest absolute Gasteiger partial charge is 0.456 e. The van der Waals surface area contributed by atoms with Gasteiger partial charge in [0, 0.05) is 27.5 Å². The molecule has 0 saturated carbocycles. The van der Waals surface area contributed by atoms with E-state index in [9.17, 15) is 0 Å². The van der Waals surface area contributed by atoms with Crippen molar-refractivity contribution in [2.45, 2.75) is 0 Å². The third kappa shape index (κ3) is 4.65. The van der Waals surface area contributed by atoms with Crippen LogP contribution < -0.4 is 0 Å². The maximum absolute atomic E-state index is 6.53. The molecule has 4 nitrogen and oxygen atoms in total. The number of nitrogens with zero attached hydrogens (tertiary/aromatic N) is 3.